The molecule has 0 bridgehead atoms. The van der Waals surface area contributed by atoms with Crippen LogP contribution in [0, 0.1) is 0 Å². The summed E-state index contributed by atoms with van der Waals surface area (Å²) in [5.74, 6) is 0.372. The number of anilines is 1. The van der Waals surface area contributed by atoms with Gasteiger partial charge in [0.25, 0.3) is 0 Å². The van der Waals surface area contributed by atoms with Crippen LogP contribution in [0.1, 0.15) is 11.1 Å². The summed E-state index contributed by atoms with van der Waals surface area (Å²) in [5.41, 5.74) is 7.62. The number of hydrogen-bond donors (Lipinski definition) is 2. The minimum Gasteiger partial charge on any atom is -0.489 e. The quantitative estimate of drug-likeness (QED) is 0.707. The summed E-state index contributed by atoms with van der Waals surface area (Å²) in [7, 11) is 0. The second-order valence-corrected chi connectivity index (χ2v) is 4.89. The minimum absolute atomic E-state index is 0.222. The lowest BCUT2D eigenvalue weighted by molar-refractivity contribution is -0.137. The Balaban J connectivity index is 1.77. The number of alkyl halides is 3. The van der Waals surface area contributed by atoms with Gasteiger partial charge < -0.3 is 15.5 Å². The van der Waals surface area contributed by atoms with E-state index in [1.165, 1.54) is 12.1 Å². The van der Waals surface area contributed by atoms with Crippen molar-refractivity contribution in [2.24, 2.45) is 0 Å². The molecule has 0 aliphatic heterocycles. The van der Waals surface area contributed by atoms with Crippen molar-refractivity contribution in [3.05, 3.63) is 59.8 Å². The van der Waals surface area contributed by atoms with Crippen LogP contribution in [0.2, 0.25) is 0 Å². The van der Waals surface area contributed by atoms with Gasteiger partial charge in [0, 0.05) is 28.4 Å². The molecule has 3 nitrogen and oxygen atoms in total. The molecule has 6 heteroatoms. The summed E-state index contributed by atoms with van der Waals surface area (Å²) in [4.78, 5) is 3.09. The number of hydrogen-bond acceptors (Lipinski definition) is 2. The van der Waals surface area contributed by atoms with Gasteiger partial charge in [-0.1, -0.05) is 6.07 Å². The molecule has 3 rings (SSSR count). The molecule has 3 aromatic rings. The zero-order valence-electron chi connectivity index (χ0n) is 11.4. The molecule has 3 N–H and O–H groups in total. The van der Waals surface area contributed by atoms with E-state index in [-0.39, 0.29) is 6.61 Å². The van der Waals surface area contributed by atoms with Crippen LogP contribution in [0.4, 0.5) is 18.9 Å². The molecule has 0 saturated carbocycles. The molecule has 22 heavy (non-hydrogen) atoms. The molecule has 0 spiro atoms. The van der Waals surface area contributed by atoms with Crippen molar-refractivity contribution in [2.45, 2.75) is 12.8 Å². The maximum absolute atomic E-state index is 12.5. The predicted molar refractivity (Wildman–Crippen MR) is 78.5 cm³/mol. The van der Waals surface area contributed by atoms with E-state index >= 15 is 0 Å². The van der Waals surface area contributed by atoms with Crippen LogP contribution in [0.5, 0.6) is 5.75 Å². The number of nitrogens with one attached hydrogen (secondary N) is 1. The Hall–Kier alpha value is -2.63. The Morgan fingerprint density at radius 1 is 1.05 bits per heavy atom. The zero-order chi connectivity index (χ0) is 15.7. The maximum Gasteiger partial charge on any atom is 0.416 e. The predicted octanol–water partition coefficient (Wildman–Crippen LogP) is 4.35. The van der Waals surface area contributed by atoms with Crippen LogP contribution in [0.25, 0.3) is 10.9 Å². The van der Waals surface area contributed by atoms with Crippen molar-refractivity contribution < 1.29 is 17.9 Å². The smallest absolute Gasteiger partial charge is 0.416 e. The van der Waals surface area contributed by atoms with Crippen molar-refractivity contribution >= 4 is 16.6 Å². The van der Waals surface area contributed by atoms with Crippen LogP contribution >= 0.6 is 0 Å². The first-order chi connectivity index (χ1) is 10.4. The summed E-state index contributed by atoms with van der Waals surface area (Å²) < 4.78 is 43.0. The summed E-state index contributed by atoms with van der Waals surface area (Å²) in [6.07, 6.45) is -2.56. The van der Waals surface area contributed by atoms with Gasteiger partial charge in [-0.2, -0.15) is 13.2 Å². The summed E-state index contributed by atoms with van der Waals surface area (Å²) in [6.45, 7) is 0.222. The Morgan fingerprint density at radius 2 is 1.77 bits per heavy atom. The van der Waals surface area contributed by atoms with Gasteiger partial charge in [-0.3, -0.25) is 0 Å². The molecule has 114 valence electrons. The van der Waals surface area contributed by atoms with Gasteiger partial charge in [0.05, 0.1) is 5.56 Å². The number of nitrogens with two attached hydrogens (primary N) is 1. The monoisotopic (exact) mass is 306 g/mol. The van der Waals surface area contributed by atoms with Gasteiger partial charge in [0.15, 0.2) is 0 Å². The molecule has 2 aromatic carbocycles. The van der Waals surface area contributed by atoms with E-state index in [0.717, 1.165) is 28.6 Å². The van der Waals surface area contributed by atoms with Crippen LogP contribution in [-0.2, 0) is 12.8 Å². The van der Waals surface area contributed by atoms with Gasteiger partial charge in [0.1, 0.15) is 12.4 Å². The van der Waals surface area contributed by atoms with Crippen LogP contribution < -0.4 is 10.5 Å². The average Bonchev–Trinajstić information content (AvgIpc) is 2.89. The molecule has 0 fully saturated rings. The molecule has 0 saturated heterocycles. The number of H-pyrrole nitrogens is 1. The Bertz CT molecular complexity index is 791. The second-order valence-electron chi connectivity index (χ2n) is 4.89. The fraction of sp³-hybridized carbons (Fsp3) is 0.125. The van der Waals surface area contributed by atoms with Gasteiger partial charge in [-0.15, -0.1) is 0 Å². The third kappa shape index (κ3) is 2.72. The van der Waals surface area contributed by atoms with E-state index in [2.05, 4.69) is 4.98 Å². The maximum atomic E-state index is 12.5. The normalized spacial score (nSPS) is 11.8. The second kappa shape index (κ2) is 5.29. The lowest BCUT2D eigenvalue weighted by Gasteiger charge is -2.09. The highest BCUT2D eigenvalue weighted by Gasteiger charge is 2.30. The molecule has 1 aromatic heterocycles. The van der Waals surface area contributed by atoms with E-state index < -0.39 is 11.7 Å². The largest absolute Gasteiger partial charge is 0.489 e. The fourth-order valence-electron chi connectivity index (χ4n) is 2.30. The highest BCUT2D eigenvalue weighted by Crippen LogP contribution is 2.31. The van der Waals surface area contributed by atoms with Crippen LogP contribution in [0.15, 0.2) is 48.7 Å². The van der Waals surface area contributed by atoms with E-state index in [4.69, 9.17) is 10.5 Å². The lowest BCUT2D eigenvalue weighted by atomic mass is 10.1. The number of aromatic amines is 1. The van der Waals surface area contributed by atoms with E-state index in [1.807, 2.05) is 12.1 Å². The standard InChI is InChI=1S/C16H13F3N2O/c17-16(18,19)11-4-6-12(7-5-11)22-9-10-8-21-14-3-1-2-13(20)15(10)14/h1-8,21H,9,20H2. The molecule has 0 amide bonds. The Kier molecular flexibility index (Phi) is 3.44. The zero-order valence-corrected chi connectivity index (χ0v) is 11.4. The van der Waals surface area contributed by atoms with Crippen LogP contribution in [0.3, 0.4) is 0 Å². The molecular formula is C16H13F3N2O. The number of nitrogen functional groups attached to an aromatic ring is 1. The fourth-order valence-corrected chi connectivity index (χ4v) is 2.30. The van der Waals surface area contributed by atoms with Gasteiger partial charge in [0.2, 0.25) is 0 Å². The van der Waals surface area contributed by atoms with Crippen molar-refractivity contribution in [2.75, 3.05) is 5.73 Å². The topological polar surface area (TPSA) is 51.0 Å². The van der Waals surface area contributed by atoms with E-state index in [1.54, 1.807) is 12.3 Å². The van der Waals surface area contributed by atoms with Gasteiger partial charge in [-0.05, 0) is 36.4 Å². The molecule has 0 unspecified atom stereocenters. The first-order valence-corrected chi connectivity index (χ1v) is 6.59. The number of ether oxygens (including phenoxy) is 1. The summed E-state index contributed by atoms with van der Waals surface area (Å²) >= 11 is 0. The van der Waals surface area contributed by atoms with Crippen LogP contribution in [-0.4, -0.2) is 4.98 Å². The lowest BCUT2D eigenvalue weighted by Crippen LogP contribution is -2.04. The average molecular weight is 306 g/mol. The highest BCUT2D eigenvalue weighted by molar-refractivity contribution is 5.93. The Labute approximate surface area is 124 Å². The van der Waals surface area contributed by atoms with E-state index in [0.29, 0.717) is 11.4 Å². The third-order valence-corrected chi connectivity index (χ3v) is 3.40. The number of halogens is 3. The van der Waals surface area contributed by atoms with E-state index in [9.17, 15) is 13.2 Å². The SMILES string of the molecule is Nc1cccc2[nH]cc(COc3ccc(C(F)(F)F)cc3)c12. The van der Waals surface area contributed by atoms with Crippen molar-refractivity contribution in [1.82, 2.24) is 4.98 Å². The number of rotatable bonds is 3. The van der Waals surface area contributed by atoms with Crippen molar-refractivity contribution in [3.63, 3.8) is 0 Å². The molecule has 0 atom stereocenters. The molecule has 0 aliphatic carbocycles. The minimum atomic E-state index is -4.34. The molecule has 1 heterocycles. The van der Waals surface area contributed by atoms with Gasteiger partial charge in [-0.25, -0.2) is 0 Å². The third-order valence-electron chi connectivity index (χ3n) is 3.40. The number of aromatic nitrogens is 1. The highest BCUT2D eigenvalue weighted by atomic mass is 19.4. The molecule has 0 aliphatic rings. The van der Waals surface area contributed by atoms with Gasteiger partial charge >= 0.3 is 6.18 Å². The number of benzene rings is 2. The number of fused-ring (bicyclic) bond motifs is 1. The summed E-state index contributed by atoms with van der Waals surface area (Å²) in [6, 6.07) is 10.1. The van der Waals surface area contributed by atoms with Crippen molar-refractivity contribution in [1.29, 1.82) is 0 Å². The molecular weight excluding hydrogens is 293 g/mol. The first-order valence-electron chi connectivity index (χ1n) is 6.59. The Morgan fingerprint density at radius 3 is 2.45 bits per heavy atom. The summed E-state index contributed by atoms with van der Waals surface area (Å²) in [5, 5.41) is 0.870. The van der Waals surface area contributed by atoms with Crippen molar-refractivity contribution in [3.8, 4) is 5.75 Å². The first kappa shape index (κ1) is 14.3. The molecule has 0 radical (unpaired) electrons.